The molecule has 2 aliphatic rings. The molecule has 178 valence electrons. The van der Waals surface area contributed by atoms with Gasteiger partial charge in [-0.25, -0.2) is 0 Å². The largest absolute Gasteiger partial charge is 0.494 e. The van der Waals surface area contributed by atoms with Crippen LogP contribution in [0.15, 0.2) is 54.6 Å². The van der Waals surface area contributed by atoms with Crippen molar-refractivity contribution in [2.75, 3.05) is 38.2 Å². The molecule has 1 N–H and O–H groups in total. The van der Waals surface area contributed by atoms with Gasteiger partial charge < -0.3 is 19.5 Å². The lowest BCUT2D eigenvalue weighted by molar-refractivity contribution is -0.159. The lowest BCUT2D eigenvalue weighted by Crippen LogP contribution is -2.57. The number of hydrogen-bond acceptors (Lipinski definition) is 5. The summed E-state index contributed by atoms with van der Waals surface area (Å²) in [7, 11) is 0. The molecule has 2 aliphatic heterocycles. The van der Waals surface area contributed by atoms with E-state index in [9.17, 15) is 4.79 Å². The number of carbonyl (C=O) groups is 1. The number of amides is 1. The van der Waals surface area contributed by atoms with Gasteiger partial charge in [0.15, 0.2) is 0 Å². The molecule has 2 saturated heterocycles. The number of benzene rings is 2. The van der Waals surface area contributed by atoms with Crippen LogP contribution in [0.1, 0.15) is 44.6 Å². The predicted molar refractivity (Wildman–Crippen MR) is 129 cm³/mol. The smallest absolute Gasteiger partial charge is 0.238 e. The molecule has 0 unspecified atom stereocenters. The summed E-state index contributed by atoms with van der Waals surface area (Å²) in [4.78, 5) is 14.9. The van der Waals surface area contributed by atoms with Gasteiger partial charge in [0.05, 0.1) is 31.5 Å². The third-order valence-electron chi connectivity index (χ3n) is 6.56. The topological polar surface area (TPSA) is 60.0 Å². The molecule has 0 aliphatic carbocycles. The number of anilines is 1. The van der Waals surface area contributed by atoms with E-state index in [1.807, 2.05) is 42.5 Å². The molecule has 33 heavy (non-hydrogen) atoms. The van der Waals surface area contributed by atoms with E-state index in [0.29, 0.717) is 19.7 Å². The Kier molecular flexibility index (Phi) is 8.37. The highest BCUT2D eigenvalue weighted by molar-refractivity contribution is 5.92. The fourth-order valence-electron chi connectivity index (χ4n) is 4.66. The van der Waals surface area contributed by atoms with E-state index in [1.54, 1.807) is 0 Å². The minimum Gasteiger partial charge on any atom is -0.494 e. The van der Waals surface area contributed by atoms with Gasteiger partial charge in [0.1, 0.15) is 5.75 Å². The monoisotopic (exact) mass is 452 g/mol. The van der Waals surface area contributed by atoms with Crippen LogP contribution >= 0.6 is 0 Å². The van der Waals surface area contributed by atoms with Crippen molar-refractivity contribution in [2.24, 2.45) is 0 Å². The van der Waals surface area contributed by atoms with Gasteiger partial charge in [-0.05, 0) is 55.5 Å². The Morgan fingerprint density at radius 2 is 1.97 bits per heavy atom. The Balaban J connectivity index is 1.30. The summed E-state index contributed by atoms with van der Waals surface area (Å²) in [5.74, 6) is 0.817. The number of rotatable bonds is 10. The van der Waals surface area contributed by atoms with Crippen LogP contribution in [0.25, 0.3) is 0 Å². The Morgan fingerprint density at radius 1 is 1.15 bits per heavy atom. The van der Waals surface area contributed by atoms with E-state index in [4.69, 9.17) is 14.2 Å². The van der Waals surface area contributed by atoms with Crippen LogP contribution in [-0.4, -0.2) is 55.4 Å². The van der Waals surface area contributed by atoms with E-state index < -0.39 is 0 Å². The maximum atomic E-state index is 12.7. The molecule has 0 bridgehead atoms. The molecule has 2 aromatic carbocycles. The molecular formula is C27H36N2O4. The molecule has 2 atom stereocenters. The van der Waals surface area contributed by atoms with Gasteiger partial charge in [0, 0.05) is 25.4 Å². The number of nitrogens with zero attached hydrogens (tertiary/aromatic N) is 1. The van der Waals surface area contributed by atoms with Crippen LogP contribution in [0.3, 0.4) is 0 Å². The molecule has 0 radical (unpaired) electrons. The Hall–Kier alpha value is -2.41. The molecule has 1 amide bonds. The average Bonchev–Trinajstić information content (AvgIpc) is 3.31. The van der Waals surface area contributed by atoms with Crippen molar-refractivity contribution in [1.82, 2.24) is 4.90 Å². The average molecular weight is 453 g/mol. The number of likely N-dealkylation sites (tertiary alicyclic amines) is 1. The van der Waals surface area contributed by atoms with Gasteiger partial charge in [0.25, 0.3) is 0 Å². The van der Waals surface area contributed by atoms with Crippen molar-refractivity contribution in [1.29, 1.82) is 0 Å². The first-order valence-corrected chi connectivity index (χ1v) is 12.2. The second kappa shape index (κ2) is 11.6. The van der Waals surface area contributed by atoms with Gasteiger partial charge in [0.2, 0.25) is 5.91 Å². The summed E-state index contributed by atoms with van der Waals surface area (Å²) in [5.41, 5.74) is 1.73. The Morgan fingerprint density at radius 3 is 2.70 bits per heavy atom. The lowest BCUT2D eigenvalue weighted by atomic mass is 9.85. The lowest BCUT2D eigenvalue weighted by Gasteiger charge is -2.44. The molecule has 6 heteroatoms. The van der Waals surface area contributed by atoms with E-state index in [1.165, 1.54) is 0 Å². The fraction of sp³-hybridized carbons (Fsp3) is 0.519. The quantitative estimate of drug-likeness (QED) is 0.532. The number of hydrogen-bond donors (Lipinski definition) is 1. The summed E-state index contributed by atoms with van der Waals surface area (Å²) in [6.07, 6.45) is 5.10. The molecule has 0 aromatic heterocycles. The number of carbonyl (C=O) groups excluding carboxylic acids is 1. The number of unbranched alkanes of at least 4 members (excludes halogenated alkanes) is 1. The molecular weight excluding hydrogens is 416 g/mol. The van der Waals surface area contributed by atoms with Crippen LogP contribution in [0, 0.1) is 0 Å². The highest BCUT2D eigenvalue weighted by Gasteiger charge is 2.47. The first kappa shape index (κ1) is 23.7. The predicted octanol–water partition coefficient (Wildman–Crippen LogP) is 4.64. The van der Waals surface area contributed by atoms with Crippen molar-refractivity contribution in [3.63, 3.8) is 0 Å². The SMILES string of the molecule is CCCCOc1ccc(NC(=O)CN2CC[C@@]3(CCCO3)[C@@H](OCc3ccccc3)C2)cc1. The zero-order valence-corrected chi connectivity index (χ0v) is 19.6. The highest BCUT2D eigenvalue weighted by atomic mass is 16.6. The molecule has 2 fully saturated rings. The maximum Gasteiger partial charge on any atom is 0.238 e. The second-order valence-corrected chi connectivity index (χ2v) is 9.06. The Bertz CT molecular complexity index is 865. The normalized spacial score (nSPS) is 23.0. The van der Waals surface area contributed by atoms with Crippen LogP contribution in [0.5, 0.6) is 5.75 Å². The van der Waals surface area contributed by atoms with Gasteiger partial charge in [-0.2, -0.15) is 0 Å². The maximum absolute atomic E-state index is 12.7. The van der Waals surface area contributed by atoms with Crippen LogP contribution in [0.4, 0.5) is 5.69 Å². The Labute approximate surface area is 197 Å². The molecule has 6 nitrogen and oxygen atoms in total. The molecule has 0 saturated carbocycles. The van der Waals surface area contributed by atoms with Crippen molar-refractivity contribution >= 4 is 11.6 Å². The van der Waals surface area contributed by atoms with E-state index >= 15 is 0 Å². The third kappa shape index (κ3) is 6.56. The number of ether oxygens (including phenoxy) is 3. The van der Waals surface area contributed by atoms with Crippen LogP contribution in [0.2, 0.25) is 0 Å². The van der Waals surface area contributed by atoms with Gasteiger partial charge in [-0.1, -0.05) is 43.7 Å². The van der Waals surface area contributed by atoms with Gasteiger partial charge in [-0.15, -0.1) is 0 Å². The first-order chi connectivity index (χ1) is 16.2. The second-order valence-electron chi connectivity index (χ2n) is 9.06. The summed E-state index contributed by atoms with van der Waals surface area (Å²) < 4.78 is 18.3. The van der Waals surface area contributed by atoms with Crippen molar-refractivity contribution < 1.29 is 19.0 Å². The standard InChI is InChI=1S/C27H36N2O4/c1-2-3-17-31-24-12-10-23(11-13-24)28-26(30)20-29-16-15-27(14-7-18-33-27)25(19-29)32-21-22-8-5-4-6-9-22/h4-6,8-13,25H,2-3,7,14-21H2,1H3,(H,28,30)/t25-,27-/m0/s1. The minimum absolute atomic E-state index is 0.0141. The minimum atomic E-state index is -0.213. The zero-order chi connectivity index (χ0) is 22.9. The summed E-state index contributed by atoms with van der Waals surface area (Å²) in [6.45, 7) is 6.09. The molecule has 2 heterocycles. The van der Waals surface area contributed by atoms with E-state index in [-0.39, 0.29) is 17.6 Å². The molecule has 1 spiro atoms. The van der Waals surface area contributed by atoms with Crippen molar-refractivity contribution in [3.8, 4) is 5.75 Å². The van der Waals surface area contributed by atoms with Gasteiger partial charge in [-0.3, -0.25) is 9.69 Å². The number of piperidine rings is 1. The fourth-order valence-corrected chi connectivity index (χ4v) is 4.66. The molecule has 2 aromatic rings. The molecule has 4 rings (SSSR count). The van der Waals surface area contributed by atoms with Gasteiger partial charge >= 0.3 is 0 Å². The number of nitrogens with one attached hydrogen (secondary N) is 1. The van der Waals surface area contributed by atoms with Crippen LogP contribution in [-0.2, 0) is 20.9 Å². The summed E-state index contributed by atoms with van der Waals surface area (Å²) in [5, 5.41) is 3.01. The van der Waals surface area contributed by atoms with Crippen molar-refractivity contribution in [3.05, 3.63) is 60.2 Å². The zero-order valence-electron chi connectivity index (χ0n) is 19.6. The van der Waals surface area contributed by atoms with E-state index in [0.717, 1.165) is 68.9 Å². The van der Waals surface area contributed by atoms with E-state index in [2.05, 4.69) is 29.3 Å². The third-order valence-corrected chi connectivity index (χ3v) is 6.56. The van der Waals surface area contributed by atoms with Crippen molar-refractivity contribution in [2.45, 2.75) is 57.3 Å². The summed E-state index contributed by atoms with van der Waals surface area (Å²) >= 11 is 0. The first-order valence-electron chi connectivity index (χ1n) is 12.2. The highest BCUT2D eigenvalue weighted by Crippen LogP contribution is 2.38. The van der Waals surface area contributed by atoms with Crippen LogP contribution < -0.4 is 10.1 Å². The summed E-state index contributed by atoms with van der Waals surface area (Å²) in [6, 6.07) is 17.8.